The lowest BCUT2D eigenvalue weighted by Crippen LogP contribution is -2.35. The number of aromatic nitrogens is 3. The van der Waals surface area contributed by atoms with Crippen LogP contribution >= 0.6 is 11.8 Å². The fraction of sp³-hybridized carbons (Fsp3) is 0.417. The van der Waals surface area contributed by atoms with Gasteiger partial charge in [0.05, 0.1) is 6.20 Å². The van der Waals surface area contributed by atoms with E-state index in [0.717, 1.165) is 12.1 Å². The SMILES string of the molecule is CC(C)(C)NCc1cnc(Sc2ncco2)nc1. The van der Waals surface area contributed by atoms with Crippen LogP contribution in [0, 0.1) is 0 Å². The van der Waals surface area contributed by atoms with Crippen LogP contribution in [-0.2, 0) is 6.54 Å². The second-order valence-corrected chi connectivity index (χ2v) is 5.80. The molecule has 0 spiro atoms. The van der Waals surface area contributed by atoms with Gasteiger partial charge in [-0.3, -0.25) is 0 Å². The maximum absolute atomic E-state index is 5.12. The zero-order valence-corrected chi connectivity index (χ0v) is 11.5. The Bertz CT molecular complexity index is 476. The first-order chi connectivity index (χ1) is 8.53. The Morgan fingerprint density at radius 2 is 1.94 bits per heavy atom. The highest BCUT2D eigenvalue weighted by Crippen LogP contribution is 2.21. The van der Waals surface area contributed by atoms with E-state index in [9.17, 15) is 0 Å². The minimum atomic E-state index is 0.0888. The van der Waals surface area contributed by atoms with Crippen molar-refractivity contribution in [3.05, 3.63) is 30.4 Å². The standard InChI is InChI=1S/C12H16N4OS/c1-12(2,3)16-8-9-6-14-10(15-7-9)18-11-13-4-5-17-11/h4-7,16H,8H2,1-3H3. The normalized spacial score (nSPS) is 11.7. The molecule has 2 heterocycles. The number of rotatable bonds is 4. The van der Waals surface area contributed by atoms with Gasteiger partial charge in [-0.25, -0.2) is 15.0 Å². The van der Waals surface area contributed by atoms with E-state index in [1.807, 2.05) is 12.4 Å². The van der Waals surface area contributed by atoms with E-state index in [-0.39, 0.29) is 5.54 Å². The Labute approximate surface area is 110 Å². The van der Waals surface area contributed by atoms with Gasteiger partial charge < -0.3 is 9.73 Å². The first-order valence-corrected chi connectivity index (χ1v) is 6.48. The van der Waals surface area contributed by atoms with Crippen LogP contribution in [0.15, 0.2) is 39.7 Å². The molecule has 2 aromatic rings. The molecule has 0 atom stereocenters. The smallest absolute Gasteiger partial charge is 0.263 e. The van der Waals surface area contributed by atoms with Gasteiger partial charge in [0.2, 0.25) is 0 Å². The molecule has 0 saturated heterocycles. The van der Waals surface area contributed by atoms with Crippen molar-refractivity contribution in [2.45, 2.75) is 43.2 Å². The largest absolute Gasteiger partial charge is 0.440 e. The molecule has 6 heteroatoms. The zero-order chi connectivity index (χ0) is 13.0. The molecule has 5 nitrogen and oxygen atoms in total. The van der Waals surface area contributed by atoms with Crippen LogP contribution in [0.2, 0.25) is 0 Å². The number of hydrogen-bond donors (Lipinski definition) is 1. The van der Waals surface area contributed by atoms with Crippen LogP contribution in [0.25, 0.3) is 0 Å². The van der Waals surface area contributed by atoms with Crippen LogP contribution in [-0.4, -0.2) is 20.5 Å². The van der Waals surface area contributed by atoms with Crippen molar-refractivity contribution in [1.82, 2.24) is 20.3 Å². The summed E-state index contributed by atoms with van der Waals surface area (Å²) in [6.45, 7) is 7.13. The van der Waals surface area contributed by atoms with Gasteiger partial charge in [-0.2, -0.15) is 0 Å². The van der Waals surface area contributed by atoms with Gasteiger partial charge in [-0.1, -0.05) is 0 Å². The molecular weight excluding hydrogens is 248 g/mol. The van der Waals surface area contributed by atoms with Crippen molar-refractivity contribution in [2.24, 2.45) is 0 Å². The number of nitrogens with one attached hydrogen (secondary N) is 1. The lowest BCUT2D eigenvalue weighted by atomic mass is 10.1. The minimum absolute atomic E-state index is 0.0888. The maximum Gasteiger partial charge on any atom is 0.263 e. The summed E-state index contributed by atoms with van der Waals surface area (Å²) in [6, 6.07) is 0. The van der Waals surface area contributed by atoms with E-state index in [0.29, 0.717) is 10.4 Å². The number of nitrogens with zero attached hydrogens (tertiary/aromatic N) is 3. The molecule has 0 aliphatic rings. The van der Waals surface area contributed by atoms with Crippen molar-refractivity contribution in [2.75, 3.05) is 0 Å². The Kier molecular flexibility index (Phi) is 3.98. The van der Waals surface area contributed by atoms with Gasteiger partial charge in [0.1, 0.15) is 6.26 Å². The van der Waals surface area contributed by atoms with Crippen molar-refractivity contribution in [1.29, 1.82) is 0 Å². The van der Waals surface area contributed by atoms with E-state index in [1.54, 1.807) is 6.20 Å². The van der Waals surface area contributed by atoms with Gasteiger partial charge in [0, 0.05) is 41.8 Å². The summed E-state index contributed by atoms with van der Waals surface area (Å²) in [5.74, 6) is 0. The zero-order valence-electron chi connectivity index (χ0n) is 10.7. The van der Waals surface area contributed by atoms with E-state index < -0.39 is 0 Å². The van der Waals surface area contributed by atoms with Crippen LogP contribution < -0.4 is 5.32 Å². The van der Waals surface area contributed by atoms with Crippen molar-refractivity contribution < 1.29 is 4.42 Å². The Balaban J connectivity index is 1.93. The topological polar surface area (TPSA) is 63.8 Å². The van der Waals surface area contributed by atoms with Crippen LogP contribution in [0.5, 0.6) is 0 Å². The molecule has 0 aromatic carbocycles. The molecule has 0 radical (unpaired) electrons. The molecule has 1 N–H and O–H groups in total. The van der Waals surface area contributed by atoms with Gasteiger partial charge in [-0.15, -0.1) is 0 Å². The molecule has 2 rings (SSSR count). The molecule has 0 bridgehead atoms. The average Bonchev–Trinajstić information content (AvgIpc) is 2.80. The summed E-state index contributed by atoms with van der Waals surface area (Å²) in [4.78, 5) is 12.5. The molecule has 0 fully saturated rings. The summed E-state index contributed by atoms with van der Waals surface area (Å²) >= 11 is 1.31. The molecule has 96 valence electrons. The second-order valence-electron chi connectivity index (χ2n) is 4.88. The molecule has 0 amide bonds. The summed E-state index contributed by atoms with van der Waals surface area (Å²) in [5.41, 5.74) is 1.15. The lowest BCUT2D eigenvalue weighted by molar-refractivity contribution is 0.423. The van der Waals surface area contributed by atoms with Crippen molar-refractivity contribution in [3.63, 3.8) is 0 Å². The molecule has 2 aromatic heterocycles. The third-order valence-electron chi connectivity index (χ3n) is 2.09. The minimum Gasteiger partial charge on any atom is -0.440 e. The molecule has 0 aliphatic carbocycles. The highest BCUT2D eigenvalue weighted by Gasteiger charge is 2.09. The fourth-order valence-electron chi connectivity index (χ4n) is 1.19. The summed E-state index contributed by atoms with van der Waals surface area (Å²) in [6.07, 6.45) is 6.77. The predicted molar refractivity (Wildman–Crippen MR) is 69.3 cm³/mol. The summed E-state index contributed by atoms with van der Waals surface area (Å²) in [7, 11) is 0. The van der Waals surface area contributed by atoms with E-state index in [1.165, 1.54) is 18.0 Å². The first kappa shape index (κ1) is 13.0. The molecular formula is C12H16N4OS. The van der Waals surface area contributed by atoms with E-state index >= 15 is 0 Å². The maximum atomic E-state index is 5.12. The highest BCUT2D eigenvalue weighted by atomic mass is 32.2. The van der Waals surface area contributed by atoms with Gasteiger partial charge in [-0.05, 0) is 20.8 Å². The Morgan fingerprint density at radius 3 is 2.50 bits per heavy atom. The predicted octanol–water partition coefficient (Wildman–Crippen LogP) is 2.50. The molecule has 0 unspecified atom stereocenters. The third kappa shape index (κ3) is 4.12. The first-order valence-electron chi connectivity index (χ1n) is 5.66. The third-order valence-corrected chi connectivity index (χ3v) is 2.86. The van der Waals surface area contributed by atoms with Crippen molar-refractivity contribution >= 4 is 11.8 Å². The van der Waals surface area contributed by atoms with E-state index in [4.69, 9.17) is 4.42 Å². The summed E-state index contributed by atoms with van der Waals surface area (Å²) in [5, 5.41) is 4.57. The van der Waals surface area contributed by atoms with Crippen LogP contribution in [0.1, 0.15) is 26.3 Å². The molecule has 0 saturated carbocycles. The van der Waals surface area contributed by atoms with Gasteiger partial charge >= 0.3 is 0 Å². The fourth-order valence-corrected chi connectivity index (χ4v) is 1.78. The molecule has 18 heavy (non-hydrogen) atoms. The van der Waals surface area contributed by atoms with Crippen LogP contribution in [0.3, 0.4) is 0 Å². The monoisotopic (exact) mass is 264 g/mol. The number of oxazole rings is 1. The average molecular weight is 264 g/mol. The quantitative estimate of drug-likeness (QED) is 0.856. The van der Waals surface area contributed by atoms with Crippen LogP contribution in [0.4, 0.5) is 0 Å². The Morgan fingerprint density at radius 1 is 1.22 bits per heavy atom. The molecule has 0 aliphatic heterocycles. The Hall–Kier alpha value is -1.40. The number of hydrogen-bond acceptors (Lipinski definition) is 6. The summed E-state index contributed by atoms with van der Waals surface area (Å²) < 4.78 is 5.12. The van der Waals surface area contributed by atoms with Gasteiger partial charge in [0.15, 0.2) is 5.16 Å². The van der Waals surface area contributed by atoms with Gasteiger partial charge in [0.25, 0.3) is 5.22 Å². The second kappa shape index (κ2) is 5.49. The lowest BCUT2D eigenvalue weighted by Gasteiger charge is -2.20. The highest BCUT2D eigenvalue weighted by molar-refractivity contribution is 7.98. The van der Waals surface area contributed by atoms with E-state index in [2.05, 4.69) is 41.0 Å². The van der Waals surface area contributed by atoms with Crippen molar-refractivity contribution in [3.8, 4) is 0 Å².